The molecule has 1 heterocycles. The molecule has 3 aromatic rings. The smallest absolute Gasteiger partial charge is 0.337 e. The molecular formula is C21H23N5O4. The number of benzene rings is 2. The largest absolute Gasteiger partial charge is 0.507 e. The van der Waals surface area contributed by atoms with Crippen molar-refractivity contribution in [3.05, 3.63) is 65.5 Å². The number of amides is 1. The molecule has 0 aliphatic heterocycles. The number of hydrogen-bond acceptors (Lipinski definition) is 7. The third kappa shape index (κ3) is 5.00. The Hall–Kier alpha value is -3.72. The second kappa shape index (κ2) is 9.19. The summed E-state index contributed by atoms with van der Waals surface area (Å²) >= 11 is 0. The van der Waals surface area contributed by atoms with Gasteiger partial charge in [0.15, 0.2) is 0 Å². The van der Waals surface area contributed by atoms with E-state index < -0.39 is 11.9 Å². The van der Waals surface area contributed by atoms with Crippen LogP contribution in [0.5, 0.6) is 5.75 Å². The van der Waals surface area contributed by atoms with Gasteiger partial charge in [0.05, 0.1) is 35.8 Å². The summed E-state index contributed by atoms with van der Waals surface area (Å²) in [7, 11) is 5.25. The minimum atomic E-state index is -0.524. The van der Waals surface area contributed by atoms with E-state index in [1.54, 1.807) is 35.1 Å². The molecule has 0 saturated carbocycles. The van der Waals surface area contributed by atoms with Gasteiger partial charge in [-0.25, -0.2) is 9.48 Å². The summed E-state index contributed by atoms with van der Waals surface area (Å²) in [5, 5.41) is 21.1. The number of esters is 1. The monoisotopic (exact) mass is 409 g/mol. The predicted molar refractivity (Wildman–Crippen MR) is 111 cm³/mol. The number of aromatic nitrogens is 3. The zero-order valence-electron chi connectivity index (χ0n) is 17.0. The minimum absolute atomic E-state index is 0.0707. The predicted octanol–water partition coefficient (Wildman–Crippen LogP) is 2.12. The van der Waals surface area contributed by atoms with Crippen molar-refractivity contribution in [1.82, 2.24) is 19.9 Å². The third-order valence-corrected chi connectivity index (χ3v) is 4.39. The normalized spacial score (nSPS) is 10.8. The van der Waals surface area contributed by atoms with Crippen LogP contribution in [0.25, 0.3) is 5.69 Å². The van der Waals surface area contributed by atoms with Gasteiger partial charge in [0.25, 0.3) is 5.91 Å². The molecule has 0 radical (unpaired) electrons. The van der Waals surface area contributed by atoms with Gasteiger partial charge in [-0.3, -0.25) is 4.79 Å². The van der Waals surface area contributed by atoms with Gasteiger partial charge in [0.2, 0.25) is 0 Å². The van der Waals surface area contributed by atoms with Gasteiger partial charge in [-0.15, -0.1) is 5.10 Å². The van der Waals surface area contributed by atoms with E-state index in [1.807, 2.05) is 14.1 Å². The third-order valence-electron chi connectivity index (χ3n) is 4.39. The summed E-state index contributed by atoms with van der Waals surface area (Å²) in [6.45, 7) is 0.840. The molecule has 156 valence electrons. The van der Waals surface area contributed by atoms with Gasteiger partial charge in [-0.1, -0.05) is 11.3 Å². The molecule has 1 aromatic heterocycles. The van der Waals surface area contributed by atoms with E-state index in [9.17, 15) is 14.7 Å². The molecule has 3 rings (SSSR count). The van der Waals surface area contributed by atoms with Crippen molar-refractivity contribution in [2.24, 2.45) is 0 Å². The van der Waals surface area contributed by atoms with Crippen molar-refractivity contribution in [1.29, 1.82) is 0 Å². The SMILES string of the molecule is COC(=O)c1cccc(NC(=O)c2cc(-n3cc(CCN(C)C)nn3)ccc2O)c1. The van der Waals surface area contributed by atoms with Crippen LogP contribution in [0.15, 0.2) is 48.7 Å². The molecule has 0 aliphatic rings. The maximum absolute atomic E-state index is 12.7. The molecule has 0 unspecified atom stereocenters. The van der Waals surface area contributed by atoms with Crippen LogP contribution in [0.2, 0.25) is 0 Å². The number of rotatable bonds is 7. The van der Waals surface area contributed by atoms with Crippen LogP contribution in [-0.2, 0) is 11.2 Å². The molecule has 2 N–H and O–H groups in total. The first kappa shape index (κ1) is 21.0. The van der Waals surface area contributed by atoms with Crippen LogP contribution in [-0.4, -0.2) is 64.6 Å². The summed E-state index contributed by atoms with van der Waals surface area (Å²) in [4.78, 5) is 26.4. The highest BCUT2D eigenvalue weighted by molar-refractivity contribution is 6.07. The minimum Gasteiger partial charge on any atom is -0.507 e. The molecule has 30 heavy (non-hydrogen) atoms. The van der Waals surface area contributed by atoms with Crippen molar-refractivity contribution in [2.75, 3.05) is 33.1 Å². The molecular weight excluding hydrogens is 386 g/mol. The molecule has 0 spiro atoms. The highest BCUT2D eigenvalue weighted by Crippen LogP contribution is 2.22. The van der Waals surface area contributed by atoms with E-state index >= 15 is 0 Å². The highest BCUT2D eigenvalue weighted by atomic mass is 16.5. The van der Waals surface area contributed by atoms with Crippen LogP contribution in [0.3, 0.4) is 0 Å². The number of nitrogens with one attached hydrogen (secondary N) is 1. The Bertz CT molecular complexity index is 1060. The number of carbonyl (C=O) groups excluding carboxylic acids is 2. The molecule has 0 saturated heterocycles. The van der Waals surface area contributed by atoms with E-state index in [4.69, 9.17) is 0 Å². The second-order valence-electron chi connectivity index (χ2n) is 6.94. The van der Waals surface area contributed by atoms with Crippen LogP contribution < -0.4 is 5.32 Å². The molecule has 0 atom stereocenters. The lowest BCUT2D eigenvalue weighted by Gasteiger charge is -2.10. The number of anilines is 1. The first-order valence-electron chi connectivity index (χ1n) is 9.26. The zero-order valence-corrected chi connectivity index (χ0v) is 17.0. The average Bonchev–Trinajstić information content (AvgIpc) is 3.21. The Morgan fingerprint density at radius 3 is 2.73 bits per heavy atom. The van der Waals surface area contributed by atoms with Gasteiger partial charge in [0, 0.05) is 18.7 Å². The lowest BCUT2D eigenvalue weighted by Crippen LogP contribution is -2.15. The van der Waals surface area contributed by atoms with E-state index in [0.29, 0.717) is 16.9 Å². The summed E-state index contributed by atoms with van der Waals surface area (Å²) in [5.41, 5.74) is 2.19. The van der Waals surface area contributed by atoms with Gasteiger partial charge in [-0.05, 0) is 50.5 Å². The van der Waals surface area contributed by atoms with E-state index in [-0.39, 0.29) is 11.3 Å². The van der Waals surface area contributed by atoms with E-state index in [0.717, 1.165) is 18.7 Å². The van der Waals surface area contributed by atoms with Crippen LogP contribution in [0.1, 0.15) is 26.4 Å². The topological polar surface area (TPSA) is 110 Å². The number of likely N-dealkylation sites (N-methyl/N-ethyl adjacent to an activating group) is 1. The maximum atomic E-state index is 12.7. The lowest BCUT2D eigenvalue weighted by molar-refractivity contribution is 0.0600. The first-order valence-corrected chi connectivity index (χ1v) is 9.26. The standard InChI is InChI=1S/C21H23N5O4/c1-25(2)10-9-16-13-26(24-23-16)17-7-8-19(27)18(12-17)20(28)22-15-6-4-5-14(11-15)21(29)30-3/h4-8,11-13,27H,9-10H2,1-3H3,(H,22,28). The van der Waals surface area contributed by atoms with Crippen molar-refractivity contribution in [3.8, 4) is 11.4 Å². The fourth-order valence-corrected chi connectivity index (χ4v) is 2.77. The average molecular weight is 409 g/mol. The molecule has 0 aliphatic carbocycles. The number of phenolic OH excluding ortho intramolecular Hbond substituents is 1. The molecule has 0 bridgehead atoms. The van der Waals surface area contributed by atoms with Gasteiger partial charge in [0.1, 0.15) is 5.75 Å². The molecule has 1 amide bonds. The molecule has 0 fully saturated rings. The number of hydrogen-bond donors (Lipinski definition) is 2. The summed E-state index contributed by atoms with van der Waals surface area (Å²) in [6, 6.07) is 10.9. The number of aromatic hydroxyl groups is 1. The van der Waals surface area contributed by atoms with E-state index in [1.165, 1.54) is 25.3 Å². The summed E-state index contributed by atoms with van der Waals surface area (Å²) in [5.74, 6) is -1.20. The van der Waals surface area contributed by atoms with Crippen LogP contribution >= 0.6 is 0 Å². The fourth-order valence-electron chi connectivity index (χ4n) is 2.77. The summed E-state index contributed by atoms with van der Waals surface area (Å²) < 4.78 is 6.24. The quantitative estimate of drug-likeness (QED) is 0.575. The van der Waals surface area contributed by atoms with Crippen LogP contribution in [0, 0.1) is 0 Å². The zero-order chi connectivity index (χ0) is 21.7. The number of nitrogens with zero attached hydrogens (tertiary/aromatic N) is 4. The maximum Gasteiger partial charge on any atom is 0.337 e. The van der Waals surface area contributed by atoms with Gasteiger partial charge in [-0.2, -0.15) is 0 Å². The molecule has 9 heteroatoms. The van der Waals surface area contributed by atoms with Crippen molar-refractivity contribution < 1.29 is 19.4 Å². The Labute approximate surface area is 173 Å². The lowest BCUT2D eigenvalue weighted by atomic mass is 10.1. The highest BCUT2D eigenvalue weighted by Gasteiger charge is 2.15. The Morgan fingerprint density at radius 2 is 2.00 bits per heavy atom. The fraction of sp³-hybridized carbons (Fsp3) is 0.238. The Kier molecular flexibility index (Phi) is 6.43. The molecule has 2 aromatic carbocycles. The van der Waals surface area contributed by atoms with Crippen molar-refractivity contribution >= 4 is 17.6 Å². The number of phenols is 1. The first-order chi connectivity index (χ1) is 14.4. The second-order valence-corrected chi connectivity index (χ2v) is 6.94. The Balaban J connectivity index is 1.80. The van der Waals surface area contributed by atoms with E-state index in [2.05, 4.69) is 25.3 Å². The number of carbonyl (C=O) groups is 2. The van der Waals surface area contributed by atoms with Gasteiger partial charge < -0.3 is 20.1 Å². The van der Waals surface area contributed by atoms with Crippen LogP contribution in [0.4, 0.5) is 5.69 Å². The Morgan fingerprint density at radius 1 is 1.20 bits per heavy atom. The summed E-state index contributed by atoms with van der Waals surface area (Å²) in [6.07, 6.45) is 2.53. The number of ether oxygens (including phenoxy) is 1. The van der Waals surface area contributed by atoms with Gasteiger partial charge >= 0.3 is 5.97 Å². The number of methoxy groups -OCH3 is 1. The molecule has 9 nitrogen and oxygen atoms in total. The van der Waals surface area contributed by atoms with Crippen molar-refractivity contribution in [2.45, 2.75) is 6.42 Å². The van der Waals surface area contributed by atoms with Crippen molar-refractivity contribution in [3.63, 3.8) is 0 Å².